The average Bonchev–Trinajstić information content (AvgIpc) is 2.33. The second kappa shape index (κ2) is 6.53. The van der Waals surface area contributed by atoms with Crippen molar-refractivity contribution in [2.75, 3.05) is 17.6 Å². The van der Waals surface area contributed by atoms with Crippen LogP contribution in [0.15, 0.2) is 12.1 Å². The van der Waals surface area contributed by atoms with Crippen LogP contribution in [0.4, 0.5) is 17.3 Å². The fourth-order valence-electron chi connectivity index (χ4n) is 1.47. The summed E-state index contributed by atoms with van der Waals surface area (Å²) in [6.07, 6.45) is 0.656. The Bertz CT molecular complexity index is 478. The van der Waals surface area contributed by atoms with Crippen molar-refractivity contribution in [3.05, 3.63) is 22.2 Å². The van der Waals surface area contributed by atoms with Crippen molar-refractivity contribution in [1.82, 2.24) is 4.98 Å². The first-order chi connectivity index (χ1) is 8.90. The molecule has 0 spiro atoms. The molecule has 0 radical (unpaired) electrons. The molecule has 0 aliphatic heterocycles. The van der Waals surface area contributed by atoms with Crippen molar-refractivity contribution in [3.63, 3.8) is 0 Å². The Morgan fingerprint density at radius 2 is 2.32 bits per heavy atom. The molecule has 0 aromatic carbocycles. The molecule has 8 heteroatoms. The van der Waals surface area contributed by atoms with Gasteiger partial charge in [0.2, 0.25) is 5.82 Å². The summed E-state index contributed by atoms with van der Waals surface area (Å²) >= 11 is 0. The van der Waals surface area contributed by atoms with Gasteiger partial charge in [-0.25, -0.2) is 4.98 Å². The predicted molar refractivity (Wildman–Crippen MR) is 69.8 cm³/mol. The molecule has 1 aromatic rings. The minimum atomic E-state index is -0.829. The maximum atomic E-state index is 10.6. The van der Waals surface area contributed by atoms with Gasteiger partial charge in [-0.1, -0.05) is 6.92 Å². The average molecular weight is 268 g/mol. The van der Waals surface area contributed by atoms with Crippen LogP contribution in [0.2, 0.25) is 0 Å². The molecule has 1 unspecified atom stereocenters. The highest BCUT2D eigenvalue weighted by Crippen LogP contribution is 2.20. The fourth-order valence-corrected chi connectivity index (χ4v) is 1.47. The molecule has 0 saturated heterocycles. The molecule has 0 aliphatic carbocycles. The van der Waals surface area contributed by atoms with Gasteiger partial charge < -0.3 is 16.2 Å². The Balaban J connectivity index is 2.52. The zero-order chi connectivity index (χ0) is 14.4. The number of nitrogens with two attached hydrogens (primary N) is 1. The van der Waals surface area contributed by atoms with Gasteiger partial charge in [-0.15, -0.1) is 0 Å². The minimum absolute atomic E-state index is 0.110. The molecule has 4 N–H and O–H groups in total. The number of pyridine rings is 1. The number of nitro groups is 1. The van der Waals surface area contributed by atoms with E-state index < -0.39 is 10.9 Å². The Labute approximate surface area is 109 Å². The molecule has 0 bridgehead atoms. The van der Waals surface area contributed by atoms with Crippen LogP contribution in [-0.4, -0.2) is 27.5 Å². The van der Waals surface area contributed by atoms with Crippen molar-refractivity contribution in [3.8, 4) is 0 Å². The Morgan fingerprint density at radius 3 is 2.84 bits per heavy atom. The third-order valence-electron chi connectivity index (χ3n) is 2.58. The van der Waals surface area contributed by atoms with E-state index in [0.717, 1.165) is 0 Å². The van der Waals surface area contributed by atoms with E-state index in [4.69, 9.17) is 10.8 Å². The lowest BCUT2D eigenvalue weighted by molar-refractivity contribution is -0.384. The zero-order valence-corrected chi connectivity index (χ0v) is 10.5. The molecule has 0 aliphatic rings. The predicted octanol–water partition coefficient (Wildman–Crippen LogP) is 1.48. The number of nitrogen functional groups attached to an aromatic ring is 1. The van der Waals surface area contributed by atoms with E-state index in [2.05, 4.69) is 10.3 Å². The molecule has 0 amide bonds. The Kier molecular flexibility index (Phi) is 5.04. The van der Waals surface area contributed by atoms with Crippen LogP contribution >= 0.6 is 0 Å². The normalized spacial score (nSPS) is 11.8. The Morgan fingerprint density at radius 1 is 1.63 bits per heavy atom. The zero-order valence-electron chi connectivity index (χ0n) is 10.5. The van der Waals surface area contributed by atoms with Crippen molar-refractivity contribution in [2.45, 2.75) is 19.8 Å². The topological polar surface area (TPSA) is 131 Å². The first-order valence-electron chi connectivity index (χ1n) is 5.76. The summed E-state index contributed by atoms with van der Waals surface area (Å²) in [5, 5.41) is 22.1. The first kappa shape index (κ1) is 14.7. The van der Waals surface area contributed by atoms with Gasteiger partial charge >= 0.3 is 11.7 Å². The van der Waals surface area contributed by atoms with Crippen LogP contribution in [0, 0.1) is 16.0 Å². The summed E-state index contributed by atoms with van der Waals surface area (Å²) in [6.45, 7) is 2.43. The molecular weight excluding hydrogens is 252 g/mol. The second-order valence-corrected chi connectivity index (χ2v) is 4.28. The number of nitrogens with zero attached hydrogens (tertiary/aromatic N) is 2. The monoisotopic (exact) mass is 268 g/mol. The van der Waals surface area contributed by atoms with E-state index in [1.807, 2.05) is 6.92 Å². The van der Waals surface area contributed by atoms with Crippen LogP contribution < -0.4 is 11.1 Å². The van der Waals surface area contributed by atoms with Crippen molar-refractivity contribution >= 4 is 23.3 Å². The minimum Gasteiger partial charge on any atom is -0.481 e. The highest BCUT2D eigenvalue weighted by atomic mass is 16.6. The van der Waals surface area contributed by atoms with Crippen molar-refractivity contribution in [1.29, 1.82) is 0 Å². The molecule has 1 rings (SSSR count). The number of carboxylic acid groups (broad SMARTS) is 1. The van der Waals surface area contributed by atoms with E-state index >= 15 is 0 Å². The summed E-state index contributed by atoms with van der Waals surface area (Å²) in [4.78, 5) is 24.2. The standard InChI is InChI=1S/C11H16N4O4/c1-7(2-5-10(16)17)6-13-9-4-3-8(15(18)19)11(12)14-9/h3-4,7H,2,5-6H2,1H3,(H,16,17)(H3,12,13,14). The van der Waals surface area contributed by atoms with Gasteiger partial charge in [-0.3, -0.25) is 14.9 Å². The van der Waals surface area contributed by atoms with Crippen LogP contribution in [-0.2, 0) is 4.79 Å². The molecule has 1 heterocycles. The largest absolute Gasteiger partial charge is 0.481 e. The summed E-state index contributed by atoms with van der Waals surface area (Å²) in [6, 6.07) is 2.75. The summed E-state index contributed by atoms with van der Waals surface area (Å²) in [5.41, 5.74) is 5.22. The number of aliphatic carboxylic acids is 1. The number of aromatic nitrogens is 1. The number of nitrogens with one attached hydrogen (secondary N) is 1. The number of rotatable bonds is 7. The van der Waals surface area contributed by atoms with E-state index in [1.165, 1.54) is 12.1 Å². The maximum Gasteiger partial charge on any atom is 0.311 e. The third kappa shape index (κ3) is 4.78. The Hall–Kier alpha value is -2.38. The third-order valence-corrected chi connectivity index (χ3v) is 2.58. The van der Waals surface area contributed by atoms with Gasteiger partial charge in [0.25, 0.3) is 0 Å². The molecular formula is C11H16N4O4. The lowest BCUT2D eigenvalue weighted by Gasteiger charge is -2.12. The van der Waals surface area contributed by atoms with E-state index in [-0.39, 0.29) is 23.8 Å². The number of anilines is 2. The quantitative estimate of drug-likeness (QED) is 0.504. The van der Waals surface area contributed by atoms with Gasteiger partial charge in [-0.2, -0.15) is 0 Å². The van der Waals surface area contributed by atoms with Crippen LogP contribution in [0.1, 0.15) is 19.8 Å². The van der Waals surface area contributed by atoms with Gasteiger partial charge in [0, 0.05) is 19.0 Å². The highest BCUT2D eigenvalue weighted by Gasteiger charge is 2.13. The molecule has 0 saturated carbocycles. The molecule has 19 heavy (non-hydrogen) atoms. The van der Waals surface area contributed by atoms with Gasteiger partial charge in [0.15, 0.2) is 0 Å². The van der Waals surface area contributed by atoms with E-state index in [1.54, 1.807) is 0 Å². The lowest BCUT2D eigenvalue weighted by Crippen LogP contribution is -2.14. The molecule has 104 valence electrons. The maximum absolute atomic E-state index is 10.6. The second-order valence-electron chi connectivity index (χ2n) is 4.28. The van der Waals surface area contributed by atoms with Gasteiger partial charge in [0.1, 0.15) is 5.82 Å². The van der Waals surface area contributed by atoms with Crippen molar-refractivity contribution < 1.29 is 14.8 Å². The van der Waals surface area contributed by atoms with E-state index in [9.17, 15) is 14.9 Å². The van der Waals surface area contributed by atoms with Crippen LogP contribution in [0.5, 0.6) is 0 Å². The molecule has 0 fully saturated rings. The summed E-state index contributed by atoms with van der Waals surface area (Å²) in [5.74, 6) is -0.391. The number of hydrogen-bond acceptors (Lipinski definition) is 6. The highest BCUT2D eigenvalue weighted by molar-refractivity contribution is 5.66. The SMILES string of the molecule is CC(CCC(=O)O)CNc1ccc([N+](=O)[O-])c(N)n1. The van der Waals surface area contributed by atoms with Gasteiger partial charge in [-0.05, 0) is 18.4 Å². The smallest absolute Gasteiger partial charge is 0.311 e. The first-order valence-corrected chi connectivity index (χ1v) is 5.76. The van der Waals surface area contributed by atoms with Crippen molar-refractivity contribution in [2.24, 2.45) is 5.92 Å². The molecule has 8 nitrogen and oxygen atoms in total. The fraction of sp³-hybridized carbons (Fsp3) is 0.455. The van der Waals surface area contributed by atoms with Crippen LogP contribution in [0.3, 0.4) is 0 Å². The van der Waals surface area contributed by atoms with E-state index in [0.29, 0.717) is 18.8 Å². The summed E-state index contributed by atoms with van der Waals surface area (Å²) in [7, 11) is 0. The van der Waals surface area contributed by atoms with Crippen LogP contribution in [0.25, 0.3) is 0 Å². The van der Waals surface area contributed by atoms with Gasteiger partial charge in [0.05, 0.1) is 4.92 Å². The molecule has 1 atom stereocenters. The number of carbonyl (C=O) groups is 1. The summed E-state index contributed by atoms with van der Waals surface area (Å²) < 4.78 is 0. The molecule has 1 aromatic heterocycles. The number of hydrogen-bond donors (Lipinski definition) is 3. The number of carboxylic acids is 1. The lowest BCUT2D eigenvalue weighted by atomic mass is 10.1.